The highest BCUT2D eigenvalue weighted by Gasteiger charge is 2.32. The minimum absolute atomic E-state index is 0.175. The number of hydrogen-bond acceptors (Lipinski definition) is 3. The highest BCUT2D eigenvalue weighted by atomic mass is 19.1. The topological polar surface area (TPSA) is 47.2 Å². The first-order chi connectivity index (χ1) is 11.6. The minimum Gasteiger partial charge on any atom is -0.271 e. The van der Waals surface area contributed by atoms with Crippen molar-refractivity contribution in [1.82, 2.24) is 9.78 Å². The summed E-state index contributed by atoms with van der Waals surface area (Å²) >= 11 is 0. The van der Waals surface area contributed by atoms with E-state index in [0.717, 1.165) is 11.1 Å². The van der Waals surface area contributed by atoms with Crippen LogP contribution < -0.4 is 0 Å². The fourth-order valence-corrected chi connectivity index (χ4v) is 3.00. The first-order valence-electron chi connectivity index (χ1n) is 7.63. The first kappa shape index (κ1) is 14.5. The SMILES string of the molecule is CC1=Nc2c(-c3ccccc3)cnn2C(=O)C1c1ccc(F)cc1. The smallest absolute Gasteiger partial charge is 0.262 e. The van der Waals surface area contributed by atoms with Crippen molar-refractivity contribution in [3.05, 3.63) is 72.2 Å². The van der Waals surface area contributed by atoms with Crippen LogP contribution in [0.15, 0.2) is 65.8 Å². The maximum atomic E-state index is 13.1. The number of benzene rings is 2. The summed E-state index contributed by atoms with van der Waals surface area (Å²) in [5.41, 5.74) is 3.17. The van der Waals surface area contributed by atoms with Gasteiger partial charge in [-0.3, -0.25) is 4.79 Å². The number of aliphatic imine (C=N–C) groups is 1. The van der Waals surface area contributed by atoms with E-state index in [0.29, 0.717) is 17.1 Å². The number of nitrogens with zero attached hydrogens (tertiary/aromatic N) is 3. The van der Waals surface area contributed by atoms with Crippen molar-refractivity contribution in [3.63, 3.8) is 0 Å². The van der Waals surface area contributed by atoms with Gasteiger partial charge in [0.1, 0.15) is 11.7 Å². The highest BCUT2D eigenvalue weighted by Crippen LogP contribution is 2.36. The molecule has 5 heteroatoms. The monoisotopic (exact) mass is 319 g/mol. The standard InChI is InChI=1S/C19H14FN3O/c1-12-17(14-7-9-15(20)10-8-14)19(24)23-18(22-12)16(11-21-23)13-5-3-2-4-6-13/h2-11,17H,1H3. The minimum atomic E-state index is -0.540. The number of aromatic nitrogens is 2. The molecule has 0 saturated carbocycles. The Labute approximate surface area is 138 Å². The highest BCUT2D eigenvalue weighted by molar-refractivity contribution is 6.13. The van der Waals surface area contributed by atoms with Gasteiger partial charge in [-0.05, 0) is 30.2 Å². The van der Waals surface area contributed by atoms with Crippen LogP contribution in [0.4, 0.5) is 10.2 Å². The Morgan fingerprint density at radius 1 is 1.04 bits per heavy atom. The number of hydrogen-bond donors (Lipinski definition) is 0. The molecule has 2 heterocycles. The lowest BCUT2D eigenvalue weighted by molar-refractivity contribution is 0.0885. The Morgan fingerprint density at radius 2 is 1.75 bits per heavy atom. The molecule has 0 bridgehead atoms. The summed E-state index contributed by atoms with van der Waals surface area (Å²) in [6.07, 6.45) is 1.66. The molecule has 0 fully saturated rings. The molecule has 0 saturated heterocycles. The molecule has 1 atom stereocenters. The van der Waals surface area contributed by atoms with Crippen LogP contribution in [0.25, 0.3) is 11.1 Å². The molecule has 1 unspecified atom stereocenters. The van der Waals surface area contributed by atoms with Crippen LogP contribution in [0, 0.1) is 5.82 Å². The van der Waals surface area contributed by atoms with Crippen molar-refractivity contribution in [1.29, 1.82) is 0 Å². The molecule has 4 rings (SSSR count). The number of rotatable bonds is 2. The summed E-state index contributed by atoms with van der Waals surface area (Å²) in [6.45, 7) is 1.82. The number of carbonyl (C=O) groups is 1. The van der Waals surface area contributed by atoms with E-state index in [1.54, 1.807) is 18.3 Å². The number of carbonyl (C=O) groups excluding carboxylic acids is 1. The van der Waals surface area contributed by atoms with E-state index >= 15 is 0 Å². The third-order valence-electron chi connectivity index (χ3n) is 4.19. The van der Waals surface area contributed by atoms with E-state index in [1.807, 2.05) is 37.3 Å². The van der Waals surface area contributed by atoms with Gasteiger partial charge in [-0.2, -0.15) is 9.78 Å². The third kappa shape index (κ3) is 2.25. The molecule has 24 heavy (non-hydrogen) atoms. The van der Waals surface area contributed by atoms with Crippen LogP contribution in [0.5, 0.6) is 0 Å². The van der Waals surface area contributed by atoms with Gasteiger partial charge in [-0.1, -0.05) is 42.5 Å². The molecule has 0 N–H and O–H groups in total. The lowest BCUT2D eigenvalue weighted by atomic mass is 9.92. The van der Waals surface area contributed by atoms with E-state index < -0.39 is 5.92 Å². The van der Waals surface area contributed by atoms with Crippen LogP contribution >= 0.6 is 0 Å². The third-order valence-corrected chi connectivity index (χ3v) is 4.19. The molecule has 1 aliphatic rings. The van der Waals surface area contributed by atoms with Gasteiger partial charge >= 0.3 is 0 Å². The second kappa shape index (κ2) is 5.53. The molecule has 2 aromatic carbocycles. The number of halogens is 1. The second-order valence-electron chi connectivity index (χ2n) is 5.74. The molecule has 1 aromatic heterocycles. The summed E-state index contributed by atoms with van der Waals surface area (Å²) in [5, 5.41) is 4.23. The van der Waals surface area contributed by atoms with Crippen molar-refractivity contribution in [2.75, 3.05) is 0 Å². The van der Waals surface area contributed by atoms with Gasteiger partial charge < -0.3 is 0 Å². The lowest BCUT2D eigenvalue weighted by Gasteiger charge is -2.21. The zero-order chi connectivity index (χ0) is 16.7. The van der Waals surface area contributed by atoms with Crippen molar-refractivity contribution >= 4 is 17.4 Å². The average Bonchev–Trinajstić information content (AvgIpc) is 3.01. The van der Waals surface area contributed by atoms with Crippen molar-refractivity contribution < 1.29 is 9.18 Å². The maximum Gasteiger partial charge on any atom is 0.262 e. The Balaban J connectivity index is 1.81. The Kier molecular flexibility index (Phi) is 3.34. The van der Waals surface area contributed by atoms with Crippen LogP contribution in [-0.4, -0.2) is 21.4 Å². The van der Waals surface area contributed by atoms with Gasteiger partial charge in [0.15, 0.2) is 5.82 Å². The molecule has 3 aromatic rings. The Bertz CT molecular complexity index is 943. The average molecular weight is 319 g/mol. The van der Waals surface area contributed by atoms with Crippen LogP contribution in [-0.2, 0) is 0 Å². The zero-order valence-corrected chi connectivity index (χ0v) is 13.0. The molecule has 0 spiro atoms. The molecule has 0 radical (unpaired) electrons. The van der Waals surface area contributed by atoms with E-state index in [1.165, 1.54) is 16.8 Å². The van der Waals surface area contributed by atoms with Crippen molar-refractivity contribution in [2.45, 2.75) is 12.8 Å². The van der Waals surface area contributed by atoms with Crippen molar-refractivity contribution in [2.24, 2.45) is 4.99 Å². The summed E-state index contributed by atoms with van der Waals surface area (Å²) in [5.74, 6) is -0.502. The number of fused-ring (bicyclic) bond motifs is 1. The molecular weight excluding hydrogens is 305 g/mol. The molecule has 4 nitrogen and oxygen atoms in total. The quantitative estimate of drug-likeness (QED) is 0.710. The van der Waals surface area contributed by atoms with E-state index in [2.05, 4.69) is 10.1 Å². The van der Waals surface area contributed by atoms with E-state index in [9.17, 15) is 9.18 Å². The van der Waals surface area contributed by atoms with Crippen molar-refractivity contribution in [3.8, 4) is 11.1 Å². The van der Waals surface area contributed by atoms with Gasteiger partial charge in [0, 0.05) is 11.3 Å². The van der Waals surface area contributed by atoms with Crippen LogP contribution in [0.3, 0.4) is 0 Å². The van der Waals surface area contributed by atoms with Gasteiger partial charge in [0.25, 0.3) is 5.91 Å². The van der Waals surface area contributed by atoms with E-state index in [-0.39, 0.29) is 11.7 Å². The van der Waals surface area contributed by atoms with Gasteiger partial charge in [-0.15, -0.1) is 0 Å². The molecular formula is C19H14FN3O. The van der Waals surface area contributed by atoms with Crippen LogP contribution in [0.2, 0.25) is 0 Å². The normalized spacial score (nSPS) is 16.7. The molecule has 0 aliphatic carbocycles. The zero-order valence-electron chi connectivity index (χ0n) is 13.0. The van der Waals surface area contributed by atoms with E-state index in [4.69, 9.17) is 0 Å². The Hall–Kier alpha value is -3.08. The van der Waals surface area contributed by atoms with Crippen LogP contribution in [0.1, 0.15) is 23.2 Å². The Morgan fingerprint density at radius 3 is 2.46 bits per heavy atom. The molecule has 0 amide bonds. The maximum absolute atomic E-state index is 13.1. The van der Waals surface area contributed by atoms with Gasteiger partial charge in [0.2, 0.25) is 0 Å². The summed E-state index contributed by atoms with van der Waals surface area (Å²) in [6, 6.07) is 15.6. The summed E-state index contributed by atoms with van der Waals surface area (Å²) in [7, 11) is 0. The first-order valence-corrected chi connectivity index (χ1v) is 7.63. The summed E-state index contributed by atoms with van der Waals surface area (Å²) < 4.78 is 14.5. The predicted octanol–water partition coefficient (Wildman–Crippen LogP) is 4.22. The van der Waals surface area contributed by atoms with Gasteiger partial charge in [-0.25, -0.2) is 9.38 Å². The fourth-order valence-electron chi connectivity index (χ4n) is 3.00. The van der Waals surface area contributed by atoms with Gasteiger partial charge in [0.05, 0.1) is 6.20 Å². The lowest BCUT2D eigenvalue weighted by Crippen LogP contribution is -2.29. The molecule has 118 valence electrons. The predicted molar refractivity (Wildman–Crippen MR) is 90.2 cm³/mol. The molecule has 1 aliphatic heterocycles. The summed E-state index contributed by atoms with van der Waals surface area (Å²) in [4.78, 5) is 17.5. The second-order valence-corrected chi connectivity index (χ2v) is 5.74. The fraction of sp³-hybridized carbons (Fsp3) is 0.105. The largest absolute Gasteiger partial charge is 0.271 e.